The Morgan fingerprint density at radius 1 is 1.43 bits per heavy atom. The van der Waals surface area contributed by atoms with Crippen LogP contribution in [-0.2, 0) is 13.0 Å². The molecule has 116 valence electrons. The highest BCUT2D eigenvalue weighted by atomic mass is 35.5. The average Bonchev–Trinajstić information content (AvgIpc) is 2.87. The van der Waals surface area contributed by atoms with E-state index < -0.39 is 0 Å². The highest BCUT2D eigenvalue weighted by Gasteiger charge is 2.10. The molecule has 0 spiro atoms. The van der Waals surface area contributed by atoms with Crippen LogP contribution in [0.3, 0.4) is 0 Å². The normalized spacial score (nSPS) is 11.8. The molecule has 1 heterocycles. The van der Waals surface area contributed by atoms with Crippen molar-refractivity contribution in [2.45, 2.75) is 32.9 Å². The molecule has 0 aliphatic carbocycles. The average molecular weight is 332 g/mol. The van der Waals surface area contributed by atoms with Crippen molar-refractivity contribution in [3.63, 3.8) is 0 Å². The van der Waals surface area contributed by atoms with E-state index in [-0.39, 0.29) is 19.0 Å². The SMILES string of the molecule is CNC(C)Cc1noc(COc2ccc(Cl)c(C)c2)n1.Cl. The van der Waals surface area contributed by atoms with Crippen LogP contribution >= 0.6 is 24.0 Å². The lowest BCUT2D eigenvalue weighted by atomic mass is 10.2. The fraction of sp³-hybridized carbons (Fsp3) is 0.429. The van der Waals surface area contributed by atoms with Crippen molar-refractivity contribution in [2.24, 2.45) is 0 Å². The van der Waals surface area contributed by atoms with Gasteiger partial charge in [0.2, 0.25) is 0 Å². The van der Waals surface area contributed by atoms with E-state index in [1.54, 1.807) is 6.07 Å². The van der Waals surface area contributed by atoms with Crippen molar-refractivity contribution in [1.29, 1.82) is 0 Å². The molecule has 0 aliphatic heterocycles. The Balaban J connectivity index is 0.00000220. The summed E-state index contributed by atoms with van der Waals surface area (Å²) in [6.45, 7) is 4.24. The molecule has 2 rings (SSSR count). The van der Waals surface area contributed by atoms with E-state index in [4.69, 9.17) is 20.9 Å². The monoisotopic (exact) mass is 331 g/mol. The molecule has 0 aliphatic rings. The summed E-state index contributed by atoms with van der Waals surface area (Å²) >= 11 is 5.96. The van der Waals surface area contributed by atoms with Gasteiger partial charge in [0.1, 0.15) is 5.75 Å². The Kier molecular flexibility index (Phi) is 6.95. The second-order valence-electron chi connectivity index (χ2n) is 4.70. The number of aromatic nitrogens is 2. The molecule has 7 heteroatoms. The molecule has 1 unspecified atom stereocenters. The maximum absolute atomic E-state index is 5.96. The van der Waals surface area contributed by atoms with Gasteiger partial charge in [-0.05, 0) is 44.7 Å². The molecule has 0 radical (unpaired) electrons. The van der Waals surface area contributed by atoms with Gasteiger partial charge < -0.3 is 14.6 Å². The van der Waals surface area contributed by atoms with Gasteiger partial charge in [0, 0.05) is 17.5 Å². The van der Waals surface area contributed by atoms with Gasteiger partial charge in [0.25, 0.3) is 5.89 Å². The van der Waals surface area contributed by atoms with Crippen molar-refractivity contribution in [3.05, 3.63) is 40.5 Å². The maximum Gasteiger partial charge on any atom is 0.264 e. The Bertz CT molecular complexity index is 575. The number of hydrogen-bond donors (Lipinski definition) is 1. The lowest BCUT2D eigenvalue weighted by Gasteiger charge is -2.05. The minimum atomic E-state index is 0. The van der Waals surface area contributed by atoms with Gasteiger partial charge >= 0.3 is 0 Å². The number of nitrogens with zero attached hydrogens (tertiary/aromatic N) is 2. The van der Waals surface area contributed by atoms with Crippen molar-refractivity contribution in [3.8, 4) is 5.75 Å². The molecule has 2 aromatic rings. The van der Waals surface area contributed by atoms with Crippen LogP contribution in [-0.4, -0.2) is 23.2 Å². The number of benzene rings is 1. The molecule has 0 saturated heterocycles. The van der Waals surface area contributed by atoms with E-state index >= 15 is 0 Å². The van der Waals surface area contributed by atoms with E-state index in [2.05, 4.69) is 22.4 Å². The van der Waals surface area contributed by atoms with Crippen molar-refractivity contribution >= 4 is 24.0 Å². The maximum atomic E-state index is 5.96. The molecule has 21 heavy (non-hydrogen) atoms. The highest BCUT2D eigenvalue weighted by molar-refractivity contribution is 6.31. The van der Waals surface area contributed by atoms with E-state index in [1.807, 2.05) is 26.1 Å². The number of ether oxygens (including phenoxy) is 1. The number of aryl methyl sites for hydroxylation is 1. The van der Waals surface area contributed by atoms with Gasteiger partial charge in [0.15, 0.2) is 12.4 Å². The fourth-order valence-corrected chi connectivity index (χ4v) is 1.78. The molecule has 5 nitrogen and oxygen atoms in total. The first-order valence-electron chi connectivity index (χ1n) is 6.46. The number of halogens is 2. The van der Waals surface area contributed by atoms with E-state index in [9.17, 15) is 0 Å². The summed E-state index contributed by atoms with van der Waals surface area (Å²) in [5.74, 6) is 1.88. The lowest BCUT2D eigenvalue weighted by molar-refractivity contribution is 0.242. The van der Waals surface area contributed by atoms with Crippen LogP contribution in [0.25, 0.3) is 0 Å². The molecule has 1 N–H and O–H groups in total. The Hall–Kier alpha value is -1.30. The van der Waals surface area contributed by atoms with Crippen LogP contribution in [0.2, 0.25) is 5.02 Å². The highest BCUT2D eigenvalue weighted by Crippen LogP contribution is 2.21. The first-order valence-corrected chi connectivity index (χ1v) is 6.84. The number of hydrogen-bond acceptors (Lipinski definition) is 5. The zero-order valence-corrected chi connectivity index (χ0v) is 13.8. The molecule has 1 aromatic carbocycles. The third kappa shape index (κ3) is 5.19. The molecule has 1 aromatic heterocycles. The largest absolute Gasteiger partial charge is 0.484 e. The van der Waals surface area contributed by atoms with Gasteiger partial charge in [-0.1, -0.05) is 16.8 Å². The summed E-state index contributed by atoms with van der Waals surface area (Å²) in [6, 6.07) is 5.80. The summed E-state index contributed by atoms with van der Waals surface area (Å²) < 4.78 is 10.7. The third-order valence-electron chi connectivity index (χ3n) is 2.98. The van der Waals surface area contributed by atoms with Gasteiger partial charge in [0.05, 0.1) is 0 Å². The molecule has 1 atom stereocenters. The third-order valence-corrected chi connectivity index (χ3v) is 3.41. The summed E-state index contributed by atoms with van der Waals surface area (Å²) in [5, 5.41) is 7.77. The van der Waals surface area contributed by atoms with Gasteiger partial charge in [-0.3, -0.25) is 0 Å². The minimum Gasteiger partial charge on any atom is -0.484 e. The zero-order valence-electron chi connectivity index (χ0n) is 12.2. The summed E-state index contributed by atoms with van der Waals surface area (Å²) in [7, 11) is 1.90. The van der Waals surface area contributed by atoms with Crippen LogP contribution in [0, 0.1) is 6.92 Å². The Labute approximate surface area is 135 Å². The van der Waals surface area contributed by atoms with Crippen LogP contribution < -0.4 is 10.1 Å². The van der Waals surface area contributed by atoms with Crippen LogP contribution in [0.1, 0.15) is 24.2 Å². The summed E-state index contributed by atoms with van der Waals surface area (Å²) in [6.07, 6.45) is 0.722. The molecular formula is C14H19Cl2N3O2. The fourth-order valence-electron chi connectivity index (χ4n) is 1.66. The standard InChI is InChI=1S/C14H18ClN3O2.ClH/c1-9-6-11(4-5-12(9)15)19-8-14-17-13(18-20-14)7-10(2)16-3;/h4-6,10,16H,7-8H2,1-3H3;1H. The first-order chi connectivity index (χ1) is 9.58. The van der Waals surface area contributed by atoms with Crippen molar-refractivity contribution in [2.75, 3.05) is 7.05 Å². The van der Waals surface area contributed by atoms with Crippen LogP contribution in [0.4, 0.5) is 0 Å². The predicted octanol–water partition coefficient (Wildman–Crippen LogP) is 3.18. The first kappa shape index (κ1) is 17.8. The smallest absolute Gasteiger partial charge is 0.264 e. The second kappa shape index (κ2) is 8.22. The number of likely N-dealkylation sites (N-methyl/N-ethyl adjacent to an activating group) is 1. The minimum absolute atomic E-state index is 0. The molecule has 0 fully saturated rings. The van der Waals surface area contributed by atoms with E-state index in [0.717, 1.165) is 22.8 Å². The van der Waals surface area contributed by atoms with E-state index in [1.165, 1.54) is 0 Å². The van der Waals surface area contributed by atoms with Crippen molar-refractivity contribution in [1.82, 2.24) is 15.5 Å². The van der Waals surface area contributed by atoms with Gasteiger partial charge in [-0.15, -0.1) is 12.4 Å². The van der Waals surface area contributed by atoms with Crippen molar-refractivity contribution < 1.29 is 9.26 Å². The summed E-state index contributed by atoms with van der Waals surface area (Å²) in [5.41, 5.74) is 0.971. The molecule has 0 amide bonds. The quantitative estimate of drug-likeness (QED) is 0.880. The molecule has 0 saturated carbocycles. The Morgan fingerprint density at radius 2 is 2.19 bits per heavy atom. The number of nitrogens with one attached hydrogen (secondary N) is 1. The number of rotatable bonds is 6. The van der Waals surface area contributed by atoms with Crippen LogP contribution in [0.15, 0.2) is 22.7 Å². The predicted molar refractivity (Wildman–Crippen MR) is 84.3 cm³/mol. The lowest BCUT2D eigenvalue weighted by Crippen LogP contribution is -2.24. The topological polar surface area (TPSA) is 60.2 Å². The van der Waals surface area contributed by atoms with Crippen LogP contribution in [0.5, 0.6) is 5.75 Å². The zero-order chi connectivity index (χ0) is 14.5. The second-order valence-corrected chi connectivity index (χ2v) is 5.11. The molecular weight excluding hydrogens is 313 g/mol. The van der Waals surface area contributed by atoms with E-state index in [0.29, 0.717) is 17.8 Å². The molecule has 0 bridgehead atoms. The van der Waals surface area contributed by atoms with Gasteiger partial charge in [-0.25, -0.2) is 0 Å². The van der Waals surface area contributed by atoms with Gasteiger partial charge in [-0.2, -0.15) is 4.98 Å². The Morgan fingerprint density at radius 3 is 2.86 bits per heavy atom. The summed E-state index contributed by atoms with van der Waals surface area (Å²) in [4.78, 5) is 4.28.